The predicted octanol–water partition coefficient (Wildman–Crippen LogP) is -0.669. The van der Waals surface area contributed by atoms with Gasteiger partial charge in [0.25, 0.3) is 6.04 Å². The Bertz CT molecular complexity index is 1180. The van der Waals surface area contributed by atoms with Crippen molar-refractivity contribution < 1.29 is 39.4 Å². The van der Waals surface area contributed by atoms with E-state index in [1.165, 1.54) is 30.3 Å². The minimum Gasteiger partial charge on any atom is -0.512 e. The summed E-state index contributed by atoms with van der Waals surface area (Å²) >= 11 is 0. The molecule has 0 saturated carbocycles. The highest BCUT2D eigenvalue weighted by atomic mass is 16.4. The van der Waals surface area contributed by atoms with Gasteiger partial charge < -0.3 is 36.3 Å². The van der Waals surface area contributed by atoms with Crippen LogP contribution in [0.4, 0.5) is 0 Å². The fraction of sp³-hybridized carbons (Fsp3) is 0.238. The molecule has 1 heterocycles. The maximum absolute atomic E-state index is 12.4. The lowest BCUT2D eigenvalue weighted by atomic mass is 9.95. The van der Waals surface area contributed by atoms with Crippen molar-refractivity contribution in [1.82, 2.24) is 0 Å². The molecule has 1 aliphatic rings. The maximum atomic E-state index is 12.4. The van der Waals surface area contributed by atoms with Crippen molar-refractivity contribution in [3.63, 3.8) is 0 Å². The standard InChI is InChI=1S/C21H22N4O7/c22-21(23)24-7-1-2-13(20(30)31)25-19-16(10-3-5-11(26)6-4-10)18(29)17-14(28)8-12(27)9-15(17)32-19/h3-6,9,13,26-27,29H,1-2,7-8H2,(H,30,31)(H4,22,23,24)/p+1/t13-/m0/s1. The number of Topliss-reactive ketones (excluding diaryl/α,β-unsaturated/α-hetero) is 1. The molecule has 168 valence electrons. The fourth-order valence-electron chi connectivity index (χ4n) is 3.30. The molecule has 1 aliphatic carbocycles. The molecule has 1 aromatic heterocycles. The van der Waals surface area contributed by atoms with Crippen molar-refractivity contribution >= 4 is 23.8 Å². The van der Waals surface area contributed by atoms with Gasteiger partial charge in [-0.3, -0.25) is 9.79 Å². The van der Waals surface area contributed by atoms with E-state index in [4.69, 9.17) is 15.9 Å². The summed E-state index contributed by atoms with van der Waals surface area (Å²) in [6, 6.07) is 4.56. The Labute approximate surface area is 181 Å². The SMILES string of the molecule is NC(N)=NCCC[C@H]([NH+]=c1oc2c(c(O)c1-c1ccc(O)cc1)C(=O)CC(O)=C2)C(=O)O. The molecule has 0 unspecified atom stereocenters. The summed E-state index contributed by atoms with van der Waals surface area (Å²) in [6.45, 7) is 0.219. The number of allylic oxidation sites excluding steroid dienone is 1. The third kappa shape index (κ3) is 4.89. The van der Waals surface area contributed by atoms with E-state index in [0.29, 0.717) is 12.0 Å². The molecule has 32 heavy (non-hydrogen) atoms. The Kier molecular flexibility index (Phi) is 6.47. The van der Waals surface area contributed by atoms with E-state index < -0.39 is 23.5 Å². The van der Waals surface area contributed by atoms with Gasteiger partial charge >= 0.3 is 11.5 Å². The van der Waals surface area contributed by atoms with Gasteiger partial charge in [0.05, 0.1) is 6.42 Å². The number of ketones is 1. The highest BCUT2D eigenvalue weighted by Gasteiger charge is 2.31. The lowest BCUT2D eigenvalue weighted by Crippen LogP contribution is -2.85. The number of fused-ring (bicyclic) bond motifs is 1. The van der Waals surface area contributed by atoms with Crippen molar-refractivity contribution in [2.75, 3.05) is 6.54 Å². The number of carboxylic acid groups (broad SMARTS) is 1. The molecule has 3 rings (SSSR count). The summed E-state index contributed by atoms with van der Waals surface area (Å²) in [6.07, 6.45) is 1.35. The summed E-state index contributed by atoms with van der Waals surface area (Å²) in [5.74, 6) is -2.66. The minimum absolute atomic E-state index is 0.0234. The number of aliphatic carboxylic acids is 1. The summed E-state index contributed by atoms with van der Waals surface area (Å²) < 4.78 is 5.74. The molecule has 0 fully saturated rings. The third-order valence-corrected chi connectivity index (χ3v) is 4.78. The number of aliphatic hydroxyl groups excluding tert-OH is 1. The first-order valence-corrected chi connectivity index (χ1v) is 9.67. The molecule has 0 spiro atoms. The average Bonchev–Trinajstić information content (AvgIpc) is 2.70. The highest BCUT2D eigenvalue weighted by Crippen LogP contribution is 2.35. The smallest absolute Gasteiger partial charge is 0.378 e. The Balaban J connectivity index is 2.18. The van der Waals surface area contributed by atoms with Crippen LogP contribution in [0.1, 0.15) is 35.4 Å². The summed E-state index contributed by atoms with van der Waals surface area (Å²) in [4.78, 5) is 30.8. The number of benzene rings is 1. The van der Waals surface area contributed by atoms with Crippen LogP contribution in [0.25, 0.3) is 17.2 Å². The number of nitrogens with two attached hydrogens (primary N) is 2. The quantitative estimate of drug-likeness (QED) is 0.164. The second-order valence-electron chi connectivity index (χ2n) is 7.16. The van der Waals surface area contributed by atoms with E-state index in [2.05, 4.69) is 9.98 Å². The number of rotatable bonds is 7. The number of phenols is 1. The second-order valence-corrected chi connectivity index (χ2v) is 7.16. The molecule has 2 aromatic rings. The number of hydrogen-bond donors (Lipinski definition) is 7. The van der Waals surface area contributed by atoms with E-state index >= 15 is 0 Å². The number of nitrogens with zero attached hydrogens (tertiary/aromatic N) is 1. The number of hydrogen-bond acceptors (Lipinski definition) is 7. The highest BCUT2D eigenvalue weighted by molar-refractivity contribution is 6.06. The number of carbonyl (C=O) groups excluding carboxylic acids is 1. The number of aliphatic imine (C=N–C) groups is 1. The summed E-state index contributed by atoms with van der Waals surface area (Å²) in [5, 5.41) is 40.0. The van der Waals surface area contributed by atoms with E-state index in [-0.39, 0.29) is 59.3 Å². The first-order valence-electron chi connectivity index (χ1n) is 9.67. The van der Waals surface area contributed by atoms with E-state index in [1.807, 2.05) is 0 Å². The first kappa shape index (κ1) is 22.4. The Morgan fingerprint density at radius 1 is 1.16 bits per heavy atom. The zero-order chi connectivity index (χ0) is 23.4. The predicted molar refractivity (Wildman–Crippen MR) is 112 cm³/mol. The van der Waals surface area contributed by atoms with Crippen LogP contribution in [0.2, 0.25) is 0 Å². The topological polar surface area (TPSA) is 207 Å². The first-order chi connectivity index (χ1) is 15.2. The maximum Gasteiger partial charge on any atom is 0.378 e. The number of carboxylic acids is 1. The van der Waals surface area contributed by atoms with Crippen LogP contribution in [0.3, 0.4) is 0 Å². The van der Waals surface area contributed by atoms with E-state index in [9.17, 15) is 30.0 Å². The van der Waals surface area contributed by atoms with Crippen LogP contribution < -0.4 is 22.0 Å². The largest absolute Gasteiger partial charge is 0.512 e. The van der Waals surface area contributed by atoms with Gasteiger partial charge in [-0.05, 0) is 24.1 Å². The number of phenolic OH excluding ortho intramolecular Hbond substituents is 1. The van der Waals surface area contributed by atoms with Crippen molar-refractivity contribution in [2.45, 2.75) is 25.3 Å². The zero-order valence-corrected chi connectivity index (χ0v) is 16.9. The third-order valence-electron chi connectivity index (χ3n) is 4.78. The van der Waals surface area contributed by atoms with Gasteiger partial charge in [-0.1, -0.05) is 12.1 Å². The van der Waals surface area contributed by atoms with Crippen LogP contribution in [-0.2, 0) is 4.79 Å². The number of aliphatic hydroxyl groups is 1. The number of nitrogens with one attached hydrogen (secondary N) is 1. The zero-order valence-electron chi connectivity index (χ0n) is 16.9. The molecule has 9 N–H and O–H groups in total. The van der Waals surface area contributed by atoms with Gasteiger partial charge in [0.2, 0.25) is 0 Å². The Hall–Kier alpha value is -4.28. The van der Waals surface area contributed by atoms with Crippen LogP contribution in [0.5, 0.6) is 11.5 Å². The molecule has 0 amide bonds. The van der Waals surface area contributed by atoms with Crippen LogP contribution in [0, 0.1) is 0 Å². The lowest BCUT2D eigenvalue weighted by Gasteiger charge is -2.14. The Morgan fingerprint density at radius 3 is 2.47 bits per heavy atom. The van der Waals surface area contributed by atoms with Crippen molar-refractivity contribution in [1.29, 1.82) is 0 Å². The summed E-state index contributed by atoms with van der Waals surface area (Å²) in [7, 11) is 0. The molecule has 0 saturated heterocycles. The lowest BCUT2D eigenvalue weighted by molar-refractivity contribution is -0.542. The second kappa shape index (κ2) is 9.25. The monoisotopic (exact) mass is 443 g/mol. The fourth-order valence-corrected chi connectivity index (χ4v) is 3.30. The average molecular weight is 443 g/mol. The number of guanidine groups is 1. The normalized spacial score (nSPS) is 14.4. The molecule has 11 heteroatoms. The van der Waals surface area contributed by atoms with Gasteiger partial charge in [-0.2, -0.15) is 4.99 Å². The molecule has 0 radical (unpaired) electrons. The molecule has 1 atom stereocenters. The molecular formula is C21H23N4O7+. The van der Waals surface area contributed by atoms with Gasteiger partial charge in [-0.15, -0.1) is 0 Å². The van der Waals surface area contributed by atoms with Crippen LogP contribution in [-0.4, -0.2) is 50.7 Å². The van der Waals surface area contributed by atoms with Gasteiger partial charge in [-0.25, -0.2) is 4.79 Å². The summed E-state index contributed by atoms with van der Waals surface area (Å²) in [5.41, 5.74) is 10.7. The van der Waals surface area contributed by atoms with Gasteiger partial charge in [0.1, 0.15) is 28.4 Å². The van der Waals surface area contributed by atoms with Gasteiger partial charge in [0.15, 0.2) is 17.5 Å². The van der Waals surface area contributed by atoms with Crippen LogP contribution >= 0.6 is 0 Å². The van der Waals surface area contributed by atoms with Crippen molar-refractivity contribution in [2.24, 2.45) is 16.5 Å². The number of aromatic hydroxyl groups is 2. The molecule has 11 nitrogen and oxygen atoms in total. The van der Waals surface area contributed by atoms with Crippen LogP contribution in [0.15, 0.2) is 39.4 Å². The van der Waals surface area contributed by atoms with Crippen molar-refractivity contribution in [3.8, 4) is 22.6 Å². The number of carbonyl (C=O) groups is 2. The Morgan fingerprint density at radius 2 is 1.84 bits per heavy atom. The molecular weight excluding hydrogens is 420 g/mol. The van der Waals surface area contributed by atoms with Crippen molar-refractivity contribution in [3.05, 3.63) is 46.9 Å². The van der Waals surface area contributed by atoms with Gasteiger partial charge in [0, 0.05) is 19.0 Å². The molecule has 0 bridgehead atoms. The molecule has 0 aliphatic heterocycles. The minimum atomic E-state index is -1.19. The molecule has 1 aromatic carbocycles. The van der Waals surface area contributed by atoms with E-state index in [1.54, 1.807) is 0 Å². The van der Waals surface area contributed by atoms with E-state index in [0.717, 1.165) is 0 Å².